The van der Waals surface area contributed by atoms with Gasteiger partial charge in [0.15, 0.2) is 11.9 Å². The van der Waals surface area contributed by atoms with Crippen LogP contribution in [0.3, 0.4) is 0 Å². The van der Waals surface area contributed by atoms with Crippen LogP contribution in [-0.4, -0.2) is 47.7 Å². The monoisotopic (exact) mass is 408 g/mol. The first-order chi connectivity index (χ1) is 14.2. The first kappa shape index (κ1) is 21.3. The lowest BCUT2D eigenvalue weighted by molar-refractivity contribution is -0.146. The lowest BCUT2D eigenvalue weighted by atomic mass is 9.88. The number of benzene rings is 1. The highest BCUT2D eigenvalue weighted by Crippen LogP contribution is 2.28. The van der Waals surface area contributed by atoms with Crippen molar-refractivity contribution in [3.05, 3.63) is 59.9 Å². The van der Waals surface area contributed by atoms with E-state index in [2.05, 4.69) is 9.98 Å². The summed E-state index contributed by atoms with van der Waals surface area (Å²) in [4.78, 5) is 47.3. The molecular weight excluding hydrogens is 384 g/mol. The average molecular weight is 408 g/mol. The molecule has 8 nitrogen and oxygen atoms in total. The molecule has 0 saturated carbocycles. The molecular formula is C22H24N4O4. The number of Topliss-reactive ketones (excluding diaryl/α,β-unsaturated/α-hetero) is 1. The summed E-state index contributed by atoms with van der Waals surface area (Å²) >= 11 is 0. The van der Waals surface area contributed by atoms with E-state index in [0.29, 0.717) is 22.7 Å². The van der Waals surface area contributed by atoms with Gasteiger partial charge in [0.2, 0.25) is 0 Å². The fraction of sp³-hybridized carbons (Fsp3) is 0.318. The van der Waals surface area contributed by atoms with Crippen molar-refractivity contribution in [3.8, 4) is 0 Å². The van der Waals surface area contributed by atoms with Crippen molar-refractivity contribution in [1.82, 2.24) is 4.98 Å². The zero-order chi connectivity index (χ0) is 21.9. The molecule has 0 fully saturated rings. The van der Waals surface area contributed by atoms with E-state index in [4.69, 9.17) is 10.5 Å². The number of esters is 1. The molecule has 0 saturated heterocycles. The zero-order valence-electron chi connectivity index (χ0n) is 17.2. The number of pyridine rings is 1. The fourth-order valence-corrected chi connectivity index (χ4v) is 3.04. The van der Waals surface area contributed by atoms with Crippen LogP contribution in [0.15, 0.2) is 53.7 Å². The number of benzodiazepines with no additional fused rings is 1. The van der Waals surface area contributed by atoms with Gasteiger partial charge < -0.3 is 15.4 Å². The molecule has 1 aromatic heterocycles. The summed E-state index contributed by atoms with van der Waals surface area (Å²) in [6.45, 7) is 4.32. The van der Waals surface area contributed by atoms with Crippen molar-refractivity contribution in [2.75, 3.05) is 18.1 Å². The number of aromatic nitrogens is 1. The van der Waals surface area contributed by atoms with Crippen LogP contribution < -0.4 is 10.6 Å². The van der Waals surface area contributed by atoms with Gasteiger partial charge in [0.1, 0.15) is 6.61 Å². The van der Waals surface area contributed by atoms with Crippen LogP contribution in [0.2, 0.25) is 0 Å². The van der Waals surface area contributed by atoms with E-state index in [1.54, 1.807) is 44.3 Å². The molecule has 8 heteroatoms. The quantitative estimate of drug-likeness (QED) is 0.728. The van der Waals surface area contributed by atoms with Gasteiger partial charge in [0.25, 0.3) is 5.91 Å². The van der Waals surface area contributed by atoms with Crippen molar-refractivity contribution in [1.29, 1.82) is 0 Å². The molecule has 0 unspecified atom stereocenters. The number of aliphatic imine (C=N–C) groups is 1. The predicted molar refractivity (Wildman–Crippen MR) is 112 cm³/mol. The summed E-state index contributed by atoms with van der Waals surface area (Å²) < 4.78 is 5.02. The third kappa shape index (κ3) is 4.44. The van der Waals surface area contributed by atoms with Crippen LogP contribution in [0.25, 0.3) is 0 Å². The van der Waals surface area contributed by atoms with Gasteiger partial charge >= 0.3 is 5.97 Å². The van der Waals surface area contributed by atoms with E-state index in [1.807, 2.05) is 18.2 Å². The maximum Gasteiger partial charge on any atom is 0.302 e. The Morgan fingerprint density at radius 2 is 1.87 bits per heavy atom. The Balaban J connectivity index is 1.99. The number of hydrogen-bond donors (Lipinski definition) is 1. The molecule has 3 rings (SSSR count). The summed E-state index contributed by atoms with van der Waals surface area (Å²) in [6, 6.07) is 12.6. The molecule has 30 heavy (non-hydrogen) atoms. The summed E-state index contributed by atoms with van der Waals surface area (Å²) in [5.74, 6) is -1.23. The maximum atomic E-state index is 13.0. The molecule has 0 bridgehead atoms. The predicted octanol–water partition coefficient (Wildman–Crippen LogP) is 1.71. The highest BCUT2D eigenvalue weighted by molar-refractivity contribution is 6.20. The first-order valence-electron chi connectivity index (χ1n) is 9.53. The first-order valence-corrected chi connectivity index (χ1v) is 9.53. The van der Waals surface area contributed by atoms with Gasteiger partial charge in [-0.1, -0.05) is 24.3 Å². The molecule has 0 radical (unpaired) electrons. The smallest absolute Gasteiger partial charge is 0.302 e. The Morgan fingerprint density at radius 3 is 2.53 bits per heavy atom. The van der Waals surface area contributed by atoms with Crippen molar-refractivity contribution in [3.63, 3.8) is 0 Å². The number of amides is 1. The SMILES string of the molecule is CC(=O)OCC(C)(C)C(=O)CN1C(=O)[C@H](N)N=C(c2ccccn2)c2ccccc21. The number of para-hydroxylation sites is 1. The van der Waals surface area contributed by atoms with Gasteiger partial charge in [-0.3, -0.25) is 24.4 Å². The number of rotatable bonds is 6. The molecule has 2 aromatic rings. The topological polar surface area (TPSA) is 115 Å². The minimum absolute atomic E-state index is 0.0768. The number of nitrogens with zero attached hydrogens (tertiary/aromatic N) is 3. The molecule has 1 atom stereocenters. The third-order valence-corrected chi connectivity index (χ3v) is 4.84. The minimum atomic E-state index is -1.18. The van der Waals surface area contributed by atoms with E-state index >= 15 is 0 Å². The number of fused-ring (bicyclic) bond motifs is 1. The largest absolute Gasteiger partial charge is 0.465 e. The van der Waals surface area contributed by atoms with E-state index in [0.717, 1.165) is 0 Å². The average Bonchev–Trinajstić information content (AvgIpc) is 2.83. The van der Waals surface area contributed by atoms with Crippen LogP contribution in [0, 0.1) is 5.41 Å². The number of carbonyl (C=O) groups excluding carboxylic acids is 3. The molecule has 1 amide bonds. The number of hydrogen-bond acceptors (Lipinski definition) is 7. The van der Waals surface area contributed by atoms with Gasteiger partial charge in [0, 0.05) is 18.7 Å². The van der Waals surface area contributed by atoms with Crippen LogP contribution in [0.5, 0.6) is 0 Å². The van der Waals surface area contributed by atoms with Crippen molar-refractivity contribution in [2.24, 2.45) is 16.1 Å². The Bertz CT molecular complexity index is 1000. The van der Waals surface area contributed by atoms with E-state index in [1.165, 1.54) is 11.8 Å². The number of nitrogens with two attached hydrogens (primary N) is 1. The Kier molecular flexibility index (Phi) is 6.07. The Labute approximate surface area is 174 Å². The van der Waals surface area contributed by atoms with E-state index < -0.39 is 23.5 Å². The summed E-state index contributed by atoms with van der Waals surface area (Å²) in [5, 5.41) is 0. The second kappa shape index (κ2) is 8.54. The van der Waals surface area contributed by atoms with E-state index in [9.17, 15) is 14.4 Å². The van der Waals surface area contributed by atoms with Gasteiger partial charge in [0.05, 0.1) is 29.1 Å². The number of anilines is 1. The second-order valence-electron chi connectivity index (χ2n) is 7.67. The fourth-order valence-electron chi connectivity index (χ4n) is 3.04. The van der Waals surface area contributed by atoms with Crippen LogP contribution in [0.1, 0.15) is 32.0 Å². The van der Waals surface area contributed by atoms with Crippen LogP contribution in [-0.2, 0) is 19.1 Å². The zero-order valence-corrected chi connectivity index (χ0v) is 17.2. The van der Waals surface area contributed by atoms with Crippen LogP contribution in [0.4, 0.5) is 5.69 Å². The standard InChI is InChI=1S/C22H24N4O4/c1-14(27)30-13-22(2,3)18(28)12-26-17-10-5-4-8-15(17)19(25-20(23)21(26)29)16-9-6-7-11-24-16/h4-11,20H,12-13,23H2,1-3H3/t20-/m1/s1. The van der Waals surface area contributed by atoms with Crippen LogP contribution >= 0.6 is 0 Å². The molecule has 1 aliphatic heterocycles. The van der Waals surface area contributed by atoms with Crippen molar-refractivity contribution in [2.45, 2.75) is 26.9 Å². The summed E-state index contributed by atoms with van der Waals surface area (Å²) in [7, 11) is 0. The number of ketones is 1. The van der Waals surface area contributed by atoms with E-state index in [-0.39, 0.29) is 18.9 Å². The maximum absolute atomic E-state index is 13.0. The van der Waals surface area contributed by atoms with Gasteiger partial charge in [-0.15, -0.1) is 0 Å². The molecule has 0 aliphatic carbocycles. The lowest BCUT2D eigenvalue weighted by Gasteiger charge is -2.28. The highest BCUT2D eigenvalue weighted by Gasteiger charge is 2.36. The molecule has 2 heterocycles. The Hall–Kier alpha value is -3.39. The van der Waals surface area contributed by atoms with Gasteiger partial charge in [-0.05, 0) is 32.0 Å². The number of ether oxygens (including phenoxy) is 1. The minimum Gasteiger partial charge on any atom is -0.465 e. The highest BCUT2D eigenvalue weighted by atomic mass is 16.5. The molecule has 156 valence electrons. The lowest BCUT2D eigenvalue weighted by Crippen LogP contribution is -2.47. The van der Waals surface area contributed by atoms with Crippen molar-refractivity contribution >= 4 is 29.1 Å². The third-order valence-electron chi connectivity index (χ3n) is 4.84. The normalized spacial score (nSPS) is 16.4. The second-order valence-corrected chi connectivity index (χ2v) is 7.67. The molecule has 2 N–H and O–H groups in total. The molecule has 1 aromatic carbocycles. The Morgan fingerprint density at radius 1 is 1.17 bits per heavy atom. The number of carbonyl (C=O) groups is 3. The molecule has 0 spiro atoms. The van der Waals surface area contributed by atoms with Gasteiger partial charge in [-0.25, -0.2) is 0 Å². The van der Waals surface area contributed by atoms with Crippen molar-refractivity contribution < 1.29 is 19.1 Å². The summed E-state index contributed by atoms with van der Waals surface area (Å²) in [5.41, 5.74) is 7.35. The van der Waals surface area contributed by atoms with Gasteiger partial charge in [-0.2, -0.15) is 0 Å². The summed E-state index contributed by atoms with van der Waals surface area (Å²) in [6.07, 6.45) is 0.455. The molecule has 1 aliphatic rings.